The molecule has 1 fully saturated rings. The Morgan fingerprint density at radius 3 is 2.21 bits per heavy atom. The van der Waals surface area contributed by atoms with Gasteiger partial charge in [-0.15, -0.1) is 0 Å². The van der Waals surface area contributed by atoms with Gasteiger partial charge in [0.05, 0.1) is 12.2 Å². The molecule has 5 atom stereocenters. The number of ether oxygens (including phenoxy) is 1. The maximum atomic E-state index is 9.61. The molecule has 1 saturated heterocycles. The van der Waals surface area contributed by atoms with Crippen molar-refractivity contribution in [1.82, 2.24) is 0 Å². The summed E-state index contributed by atoms with van der Waals surface area (Å²) >= 11 is 0. The van der Waals surface area contributed by atoms with Crippen LogP contribution < -0.4 is 0 Å². The van der Waals surface area contributed by atoms with Crippen LogP contribution in [0.4, 0.5) is 0 Å². The number of hydrogen-bond acceptors (Lipinski definition) is 4. The first kappa shape index (κ1) is 11.9. The summed E-state index contributed by atoms with van der Waals surface area (Å²) in [6, 6.07) is 0. The number of aliphatic hydroxyl groups excluding tert-OH is 3. The standard InChI is InChI=1S/C10H20O4/c1-5(2)4-7-6(3)8(11)9(12)10(13)14-7/h5-13H,4H2,1-3H3/t6-,7-,8+,9+,10?/m0/s1. The Bertz CT molecular complexity index is 183. The minimum Gasteiger partial charge on any atom is -0.390 e. The monoisotopic (exact) mass is 204 g/mol. The Morgan fingerprint density at radius 1 is 1.14 bits per heavy atom. The van der Waals surface area contributed by atoms with Gasteiger partial charge < -0.3 is 20.1 Å². The molecule has 1 rings (SSSR count). The molecule has 0 amide bonds. The van der Waals surface area contributed by atoms with Crippen molar-refractivity contribution in [1.29, 1.82) is 0 Å². The minimum atomic E-state index is -1.26. The fourth-order valence-electron chi connectivity index (χ4n) is 1.82. The van der Waals surface area contributed by atoms with Gasteiger partial charge in [0.15, 0.2) is 6.29 Å². The second-order valence-corrected chi connectivity index (χ2v) is 4.53. The van der Waals surface area contributed by atoms with Crippen LogP contribution >= 0.6 is 0 Å². The van der Waals surface area contributed by atoms with Crippen LogP contribution in [0.3, 0.4) is 0 Å². The lowest BCUT2D eigenvalue weighted by atomic mass is 9.86. The third-order valence-electron chi connectivity index (χ3n) is 2.79. The fourth-order valence-corrected chi connectivity index (χ4v) is 1.82. The van der Waals surface area contributed by atoms with Crippen LogP contribution in [0.2, 0.25) is 0 Å². The molecule has 14 heavy (non-hydrogen) atoms. The number of aliphatic hydroxyl groups is 3. The third kappa shape index (κ3) is 2.45. The van der Waals surface area contributed by atoms with Crippen molar-refractivity contribution in [2.75, 3.05) is 0 Å². The van der Waals surface area contributed by atoms with E-state index in [1.54, 1.807) is 0 Å². The summed E-state index contributed by atoms with van der Waals surface area (Å²) < 4.78 is 5.24. The summed E-state index contributed by atoms with van der Waals surface area (Å²) in [6.45, 7) is 5.94. The first-order valence-electron chi connectivity index (χ1n) is 5.13. The van der Waals surface area contributed by atoms with Crippen molar-refractivity contribution >= 4 is 0 Å². The molecule has 4 nitrogen and oxygen atoms in total. The van der Waals surface area contributed by atoms with Crippen LogP contribution in [-0.2, 0) is 4.74 Å². The predicted octanol–water partition coefficient (Wildman–Crippen LogP) is 0.108. The second-order valence-electron chi connectivity index (χ2n) is 4.53. The summed E-state index contributed by atoms with van der Waals surface area (Å²) in [7, 11) is 0. The van der Waals surface area contributed by atoms with Crippen LogP contribution in [-0.4, -0.2) is 39.9 Å². The average molecular weight is 204 g/mol. The van der Waals surface area contributed by atoms with E-state index in [-0.39, 0.29) is 12.0 Å². The first-order chi connectivity index (χ1) is 6.43. The van der Waals surface area contributed by atoms with Crippen molar-refractivity contribution in [3.63, 3.8) is 0 Å². The maximum Gasteiger partial charge on any atom is 0.183 e. The zero-order valence-electron chi connectivity index (χ0n) is 8.92. The van der Waals surface area contributed by atoms with E-state index < -0.39 is 18.5 Å². The Hall–Kier alpha value is -0.160. The Balaban J connectivity index is 2.60. The molecule has 1 unspecified atom stereocenters. The van der Waals surface area contributed by atoms with Gasteiger partial charge in [0, 0.05) is 5.92 Å². The van der Waals surface area contributed by atoms with Crippen LogP contribution in [0.5, 0.6) is 0 Å². The van der Waals surface area contributed by atoms with E-state index >= 15 is 0 Å². The zero-order valence-corrected chi connectivity index (χ0v) is 8.92. The number of rotatable bonds is 2. The van der Waals surface area contributed by atoms with Gasteiger partial charge in [-0.3, -0.25) is 0 Å². The first-order valence-corrected chi connectivity index (χ1v) is 5.13. The molecule has 3 N–H and O–H groups in total. The zero-order chi connectivity index (χ0) is 10.9. The summed E-state index contributed by atoms with van der Waals surface area (Å²) in [5.41, 5.74) is 0. The molecule has 0 saturated carbocycles. The quantitative estimate of drug-likeness (QED) is 0.597. The highest BCUT2D eigenvalue weighted by molar-refractivity contribution is 4.86. The van der Waals surface area contributed by atoms with Gasteiger partial charge in [-0.25, -0.2) is 0 Å². The Morgan fingerprint density at radius 2 is 1.71 bits per heavy atom. The normalized spacial score (nSPS) is 44.4. The molecule has 0 aliphatic carbocycles. The topological polar surface area (TPSA) is 69.9 Å². The van der Waals surface area contributed by atoms with Crippen molar-refractivity contribution in [2.45, 2.75) is 51.8 Å². The molecule has 0 aromatic carbocycles. The van der Waals surface area contributed by atoms with Crippen molar-refractivity contribution in [3.05, 3.63) is 0 Å². The highest BCUT2D eigenvalue weighted by Gasteiger charge is 2.41. The molecule has 0 radical (unpaired) electrons. The van der Waals surface area contributed by atoms with E-state index in [9.17, 15) is 15.3 Å². The summed E-state index contributed by atoms with van der Waals surface area (Å²) in [5, 5.41) is 28.3. The lowest BCUT2D eigenvalue weighted by Gasteiger charge is -2.40. The molecule has 1 aliphatic rings. The van der Waals surface area contributed by atoms with Crippen molar-refractivity contribution in [2.24, 2.45) is 11.8 Å². The van der Waals surface area contributed by atoms with Gasteiger partial charge in [0.1, 0.15) is 6.10 Å². The molecule has 0 aromatic rings. The molecule has 84 valence electrons. The van der Waals surface area contributed by atoms with Gasteiger partial charge >= 0.3 is 0 Å². The van der Waals surface area contributed by atoms with Crippen molar-refractivity contribution in [3.8, 4) is 0 Å². The maximum absolute atomic E-state index is 9.61. The molecule has 1 aliphatic heterocycles. The number of hydrogen-bond donors (Lipinski definition) is 3. The van der Waals surface area contributed by atoms with Crippen LogP contribution in [0.15, 0.2) is 0 Å². The highest BCUT2D eigenvalue weighted by atomic mass is 16.6. The molecule has 4 heteroatoms. The summed E-state index contributed by atoms with van der Waals surface area (Å²) in [5.74, 6) is 0.299. The second kappa shape index (κ2) is 4.57. The Labute approximate surface area is 84.5 Å². The molecular formula is C10H20O4. The Kier molecular flexibility index (Phi) is 3.89. The lowest BCUT2D eigenvalue weighted by molar-refractivity contribution is -0.268. The smallest absolute Gasteiger partial charge is 0.183 e. The summed E-state index contributed by atoms with van der Waals surface area (Å²) in [4.78, 5) is 0. The van der Waals surface area contributed by atoms with Crippen LogP contribution in [0.25, 0.3) is 0 Å². The van der Waals surface area contributed by atoms with Crippen LogP contribution in [0, 0.1) is 11.8 Å². The van der Waals surface area contributed by atoms with Gasteiger partial charge in [0.25, 0.3) is 0 Å². The molecule has 0 aromatic heterocycles. The molecule has 1 heterocycles. The molecule has 0 spiro atoms. The van der Waals surface area contributed by atoms with E-state index in [1.165, 1.54) is 0 Å². The van der Waals surface area contributed by atoms with Gasteiger partial charge in [0.2, 0.25) is 0 Å². The van der Waals surface area contributed by atoms with E-state index in [2.05, 4.69) is 13.8 Å². The predicted molar refractivity (Wildman–Crippen MR) is 51.5 cm³/mol. The third-order valence-corrected chi connectivity index (χ3v) is 2.79. The molecule has 0 bridgehead atoms. The molecular weight excluding hydrogens is 184 g/mol. The van der Waals surface area contributed by atoms with Gasteiger partial charge in [-0.2, -0.15) is 0 Å². The SMILES string of the molecule is CC(C)C[C@@H]1OC(O)[C@H](O)[C@H](O)[C@H]1C. The minimum absolute atomic E-state index is 0.143. The largest absolute Gasteiger partial charge is 0.390 e. The van der Waals surface area contributed by atoms with E-state index in [4.69, 9.17) is 4.74 Å². The van der Waals surface area contributed by atoms with Gasteiger partial charge in [-0.05, 0) is 12.3 Å². The van der Waals surface area contributed by atoms with Gasteiger partial charge in [-0.1, -0.05) is 20.8 Å². The van der Waals surface area contributed by atoms with E-state index in [0.29, 0.717) is 5.92 Å². The average Bonchev–Trinajstić information content (AvgIpc) is 2.10. The fraction of sp³-hybridized carbons (Fsp3) is 1.00. The van der Waals surface area contributed by atoms with E-state index in [1.807, 2.05) is 6.92 Å². The lowest BCUT2D eigenvalue weighted by Crippen LogP contribution is -2.53. The highest BCUT2D eigenvalue weighted by Crippen LogP contribution is 2.28. The van der Waals surface area contributed by atoms with Crippen LogP contribution in [0.1, 0.15) is 27.2 Å². The van der Waals surface area contributed by atoms with E-state index in [0.717, 1.165) is 6.42 Å². The van der Waals surface area contributed by atoms with Crippen molar-refractivity contribution < 1.29 is 20.1 Å². The summed E-state index contributed by atoms with van der Waals surface area (Å²) in [6.07, 6.45) is -2.74.